The second-order valence-electron chi connectivity index (χ2n) is 7.67. The summed E-state index contributed by atoms with van der Waals surface area (Å²) in [7, 11) is 0. The van der Waals surface area contributed by atoms with E-state index in [4.69, 9.17) is 9.15 Å². The number of benzene rings is 3. The Labute approximate surface area is 179 Å². The molecule has 4 aromatic rings. The summed E-state index contributed by atoms with van der Waals surface area (Å²) in [6, 6.07) is 22.5. The zero-order chi connectivity index (χ0) is 21.4. The van der Waals surface area contributed by atoms with Crippen LogP contribution in [0.1, 0.15) is 17.5 Å². The Morgan fingerprint density at radius 2 is 1.77 bits per heavy atom. The number of carbonyl (C=O) groups excluding carboxylic acids is 1. The van der Waals surface area contributed by atoms with Gasteiger partial charge in [0.25, 0.3) is 0 Å². The van der Waals surface area contributed by atoms with Crippen LogP contribution in [-0.4, -0.2) is 12.6 Å². The second-order valence-corrected chi connectivity index (χ2v) is 7.67. The Morgan fingerprint density at radius 3 is 2.61 bits per heavy atom. The van der Waals surface area contributed by atoms with Crippen LogP contribution >= 0.6 is 0 Å². The molecular formula is C26H21NO4. The fourth-order valence-electron chi connectivity index (χ4n) is 4.22. The van der Waals surface area contributed by atoms with Gasteiger partial charge < -0.3 is 9.15 Å². The Kier molecular flexibility index (Phi) is 4.79. The van der Waals surface area contributed by atoms with E-state index in [-0.39, 0.29) is 0 Å². The number of fused-ring (bicyclic) bond motifs is 2. The number of para-hydroxylation sites is 1. The van der Waals surface area contributed by atoms with Crippen LogP contribution in [-0.2, 0) is 6.42 Å². The molecule has 1 amide bonds. The predicted octanol–water partition coefficient (Wildman–Crippen LogP) is 5.72. The van der Waals surface area contributed by atoms with E-state index in [1.807, 2.05) is 67.6 Å². The number of aryl methyl sites for hydroxylation is 2. The largest absolute Gasteiger partial charge is 0.422 e. The van der Waals surface area contributed by atoms with E-state index < -0.39 is 11.7 Å². The fourth-order valence-corrected chi connectivity index (χ4v) is 4.22. The van der Waals surface area contributed by atoms with Crippen LogP contribution in [0.2, 0.25) is 0 Å². The van der Waals surface area contributed by atoms with Crippen LogP contribution in [0.3, 0.4) is 0 Å². The molecule has 0 atom stereocenters. The van der Waals surface area contributed by atoms with Crippen molar-refractivity contribution in [1.29, 1.82) is 0 Å². The summed E-state index contributed by atoms with van der Waals surface area (Å²) in [6.07, 6.45) is 1.40. The Hall–Kier alpha value is -3.86. The van der Waals surface area contributed by atoms with E-state index in [0.717, 1.165) is 40.6 Å². The van der Waals surface area contributed by atoms with E-state index in [9.17, 15) is 9.59 Å². The Balaban J connectivity index is 1.47. The summed E-state index contributed by atoms with van der Waals surface area (Å²) in [5.74, 6) is 0.343. The van der Waals surface area contributed by atoms with Crippen molar-refractivity contribution in [2.75, 3.05) is 11.4 Å². The molecule has 0 N–H and O–H groups in total. The number of anilines is 1. The van der Waals surface area contributed by atoms with Crippen LogP contribution in [0.15, 0.2) is 82.0 Å². The standard InChI is InChI=1S/C26H21NO4/c1-17-21-14-13-20(16-23(21)31-25(28)24(17)19-9-3-2-4-10-19)30-26(29)27-15-7-11-18-8-5-6-12-22(18)27/h2-6,8-10,12-14,16H,7,11,15H2,1H3. The van der Waals surface area contributed by atoms with Crippen LogP contribution in [0.5, 0.6) is 5.75 Å². The van der Waals surface area contributed by atoms with Gasteiger partial charge in [-0.15, -0.1) is 0 Å². The zero-order valence-corrected chi connectivity index (χ0v) is 17.1. The molecule has 0 fully saturated rings. The average Bonchev–Trinajstić information content (AvgIpc) is 2.79. The van der Waals surface area contributed by atoms with Crippen LogP contribution < -0.4 is 15.3 Å². The number of ether oxygens (including phenoxy) is 1. The van der Waals surface area contributed by atoms with Crippen molar-refractivity contribution < 1.29 is 13.9 Å². The van der Waals surface area contributed by atoms with Gasteiger partial charge >= 0.3 is 11.7 Å². The zero-order valence-electron chi connectivity index (χ0n) is 17.1. The van der Waals surface area contributed by atoms with Gasteiger partial charge in [-0.05, 0) is 54.7 Å². The Morgan fingerprint density at radius 1 is 1.00 bits per heavy atom. The quantitative estimate of drug-likeness (QED) is 0.396. The summed E-state index contributed by atoms with van der Waals surface area (Å²) >= 11 is 0. The minimum absolute atomic E-state index is 0.343. The highest BCUT2D eigenvalue weighted by Crippen LogP contribution is 2.31. The third-order valence-corrected chi connectivity index (χ3v) is 5.74. The molecule has 0 unspecified atom stereocenters. The summed E-state index contributed by atoms with van der Waals surface area (Å²) in [6.45, 7) is 2.51. The topological polar surface area (TPSA) is 59.8 Å². The molecule has 154 valence electrons. The normalized spacial score (nSPS) is 13.1. The molecule has 5 nitrogen and oxygen atoms in total. The maximum atomic E-state index is 12.9. The van der Waals surface area contributed by atoms with Crippen molar-refractivity contribution in [3.05, 3.63) is 94.3 Å². The van der Waals surface area contributed by atoms with Gasteiger partial charge in [-0.3, -0.25) is 4.90 Å². The third-order valence-electron chi connectivity index (χ3n) is 5.74. The molecule has 5 heteroatoms. The van der Waals surface area contributed by atoms with Crippen molar-refractivity contribution in [2.45, 2.75) is 19.8 Å². The molecule has 0 saturated carbocycles. The molecule has 0 saturated heterocycles. The first kappa shape index (κ1) is 19.1. The van der Waals surface area contributed by atoms with E-state index >= 15 is 0 Å². The number of rotatable bonds is 2. The molecule has 1 aliphatic heterocycles. The van der Waals surface area contributed by atoms with E-state index in [1.54, 1.807) is 17.0 Å². The third kappa shape index (κ3) is 3.48. The summed E-state index contributed by atoms with van der Waals surface area (Å²) in [4.78, 5) is 27.2. The molecule has 1 aromatic heterocycles. The van der Waals surface area contributed by atoms with Crippen LogP contribution in [0.25, 0.3) is 22.1 Å². The van der Waals surface area contributed by atoms with Gasteiger partial charge in [0.2, 0.25) is 0 Å². The number of hydrogen-bond acceptors (Lipinski definition) is 4. The number of carbonyl (C=O) groups is 1. The molecule has 2 heterocycles. The monoisotopic (exact) mass is 411 g/mol. The first-order valence-corrected chi connectivity index (χ1v) is 10.3. The van der Waals surface area contributed by atoms with Gasteiger partial charge in [-0.2, -0.15) is 0 Å². The summed E-state index contributed by atoms with van der Waals surface area (Å²) in [5, 5.41) is 0.807. The molecule has 31 heavy (non-hydrogen) atoms. The maximum absolute atomic E-state index is 12.9. The second kappa shape index (κ2) is 7.76. The number of nitrogens with zero attached hydrogens (tertiary/aromatic N) is 1. The van der Waals surface area contributed by atoms with Crippen molar-refractivity contribution in [3.8, 4) is 16.9 Å². The average molecular weight is 411 g/mol. The Bertz CT molecular complexity index is 1340. The first-order chi connectivity index (χ1) is 15.1. The fraction of sp³-hybridized carbons (Fsp3) is 0.154. The van der Waals surface area contributed by atoms with Crippen LogP contribution in [0, 0.1) is 6.92 Å². The minimum atomic E-state index is -0.438. The maximum Gasteiger partial charge on any atom is 0.419 e. The highest BCUT2D eigenvalue weighted by atomic mass is 16.6. The van der Waals surface area contributed by atoms with Crippen molar-refractivity contribution >= 4 is 22.7 Å². The van der Waals surface area contributed by atoms with E-state index in [2.05, 4.69) is 0 Å². The molecule has 5 rings (SSSR count). The smallest absolute Gasteiger partial charge is 0.419 e. The lowest BCUT2D eigenvalue weighted by molar-refractivity contribution is 0.207. The molecule has 0 bridgehead atoms. The lowest BCUT2D eigenvalue weighted by Gasteiger charge is -2.28. The van der Waals surface area contributed by atoms with Crippen molar-refractivity contribution in [1.82, 2.24) is 0 Å². The molecule has 0 aliphatic carbocycles. The molecule has 0 radical (unpaired) electrons. The summed E-state index contributed by atoms with van der Waals surface area (Å²) < 4.78 is 11.2. The van der Waals surface area contributed by atoms with Crippen LogP contribution in [0.4, 0.5) is 10.5 Å². The van der Waals surface area contributed by atoms with E-state index in [0.29, 0.717) is 23.4 Å². The number of amides is 1. The lowest BCUT2D eigenvalue weighted by Crippen LogP contribution is -2.37. The number of hydrogen-bond donors (Lipinski definition) is 0. The highest BCUT2D eigenvalue weighted by Gasteiger charge is 2.24. The van der Waals surface area contributed by atoms with E-state index in [1.165, 1.54) is 0 Å². The van der Waals surface area contributed by atoms with Gasteiger partial charge in [0.05, 0.1) is 11.3 Å². The SMILES string of the molecule is Cc1c(-c2ccccc2)c(=O)oc2cc(OC(=O)N3CCCc4ccccc43)ccc12. The van der Waals surface area contributed by atoms with Gasteiger partial charge in [0.15, 0.2) is 0 Å². The minimum Gasteiger partial charge on any atom is -0.422 e. The van der Waals surface area contributed by atoms with Crippen molar-refractivity contribution in [3.63, 3.8) is 0 Å². The van der Waals surface area contributed by atoms with Gasteiger partial charge in [-0.1, -0.05) is 48.5 Å². The van der Waals surface area contributed by atoms with Gasteiger partial charge in [0, 0.05) is 18.0 Å². The highest BCUT2D eigenvalue weighted by molar-refractivity contribution is 5.92. The molecule has 3 aromatic carbocycles. The molecular weight excluding hydrogens is 390 g/mol. The predicted molar refractivity (Wildman–Crippen MR) is 121 cm³/mol. The molecule has 0 spiro atoms. The lowest BCUT2D eigenvalue weighted by atomic mass is 10.00. The summed E-state index contributed by atoms with van der Waals surface area (Å²) in [5.41, 5.74) is 4.20. The molecule has 1 aliphatic rings. The van der Waals surface area contributed by atoms with Gasteiger partial charge in [0.1, 0.15) is 11.3 Å². The van der Waals surface area contributed by atoms with Crippen molar-refractivity contribution in [2.24, 2.45) is 0 Å². The first-order valence-electron chi connectivity index (χ1n) is 10.3. The van der Waals surface area contributed by atoms with Gasteiger partial charge in [-0.25, -0.2) is 9.59 Å².